The molecule has 134 valence electrons. The van der Waals surface area contributed by atoms with Crippen molar-refractivity contribution in [2.45, 2.75) is 26.4 Å². The van der Waals surface area contributed by atoms with E-state index in [1.807, 2.05) is 38.2 Å². The van der Waals surface area contributed by atoms with Crippen LogP contribution in [0, 0.1) is 11.6 Å². The fraction of sp³-hybridized carbons (Fsp3) is 0.316. The van der Waals surface area contributed by atoms with E-state index in [2.05, 4.69) is 5.32 Å². The van der Waals surface area contributed by atoms with Crippen molar-refractivity contribution in [3.8, 4) is 5.75 Å². The maximum absolute atomic E-state index is 13.2. The second-order valence-electron chi connectivity index (χ2n) is 5.94. The average molecular weight is 349 g/mol. The highest BCUT2D eigenvalue weighted by Crippen LogP contribution is 2.13. The first-order valence-corrected chi connectivity index (χ1v) is 8.20. The van der Waals surface area contributed by atoms with Gasteiger partial charge in [-0.25, -0.2) is 8.78 Å². The molecule has 0 aliphatic carbocycles. The van der Waals surface area contributed by atoms with Crippen LogP contribution in [-0.2, 0) is 11.3 Å². The van der Waals surface area contributed by atoms with Crippen molar-refractivity contribution in [3.63, 3.8) is 0 Å². The summed E-state index contributed by atoms with van der Waals surface area (Å²) in [5.41, 5.74) is 1.32. The number of carbonyl (C=O) groups excluding carboxylic acids is 1. The highest BCUT2D eigenvalue weighted by molar-refractivity contribution is 5.93. The highest BCUT2D eigenvalue weighted by atomic mass is 19.2. The van der Waals surface area contributed by atoms with Crippen LogP contribution in [0.15, 0.2) is 42.5 Å². The lowest BCUT2D eigenvalue weighted by atomic mass is 10.1. The molecule has 25 heavy (non-hydrogen) atoms. The monoisotopic (exact) mass is 349 g/mol. The molecule has 2 aromatic rings. The lowest BCUT2D eigenvalue weighted by Crippen LogP contribution is -3.12. The van der Waals surface area contributed by atoms with Crippen LogP contribution < -0.4 is 15.0 Å². The SMILES string of the molecule is CCOc1ccc(C[NH+](C)[C@H](C)C(=O)Nc2ccc(F)c(F)c2)cc1. The van der Waals surface area contributed by atoms with Crippen molar-refractivity contribution < 1.29 is 23.2 Å². The molecule has 0 spiro atoms. The molecular formula is C19H23F2N2O2+. The molecule has 2 N–H and O–H groups in total. The molecule has 0 saturated heterocycles. The van der Waals surface area contributed by atoms with Crippen molar-refractivity contribution in [1.82, 2.24) is 0 Å². The van der Waals surface area contributed by atoms with Gasteiger partial charge in [-0.3, -0.25) is 4.79 Å². The highest BCUT2D eigenvalue weighted by Gasteiger charge is 2.22. The summed E-state index contributed by atoms with van der Waals surface area (Å²) in [6, 6.07) is 10.7. The van der Waals surface area contributed by atoms with E-state index in [1.165, 1.54) is 6.07 Å². The van der Waals surface area contributed by atoms with E-state index in [0.717, 1.165) is 28.3 Å². The third kappa shape index (κ3) is 5.26. The summed E-state index contributed by atoms with van der Waals surface area (Å²) in [5.74, 6) is -1.37. The smallest absolute Gasteiger partial charge is 0.282 e. The maximum atomic E-state index is 13.2. The molecule has 0 aliphatic heterocycles. The van der Waals surface area contributed by atoms with Gasteiger partial charge in [-0.1, -0.05) is 0 Å². The predicted molar refractivity (Wildman–Crippen MR) is 92.7 cm³/mol. The summed E-state index contributed by atoms with van der Waals surface area (Å²) in [6.45, 7) is 4.99. The van der Waals surface area contributed by atoms with Crippen LogP contribution >= 0.6 is 0 Å². The fourth-order valence-electron chi connectivity index (χ4n) is 2.39. The molecule has 1 amide bonds. The summed E-state index contributed by atoms with van der Waals surface area (Å²) in [4.78, 5) is 13.3. The summed E-state index contributed by atoms with van der Waals surface area (Å²) < 4.78 is 31.6. The van der Waals surface area contributed by atoms with Crippen molar-refractivity contribution in [1.29, 1.82) is 0 Å². The molecule has 4 nitrogen and oxygen atoms in total. The summed E-state index contributed by atoms with van der Waals surface area (Å²) >= 11 is 0. The summed E-state index contributed by atoms with van der Waals surface area (Å²) in [6.07, 6.45) is 0. The van der Waals surface area contributed by atoms with E-state index in [1.54, 1.807) is 6.92 Å². The molecule has 0 bridgehead atoms. The molecule has 0 aliphatic rings. The third-order valence-electron chi connectivity index (χ3n) is 4.04. The zero-order valence-corrected chi connectivity index (χ0v) is 14.6. The Kier molecular flexibility index (Phi) is 6.47. The lowest BCUT2D eigenvalue weighted by Gasteiger charge is -2.21. The van der Waals surface area contributed by atoms with Crippen LogP contribution in [0.4, 0.5) is 14.5 Å². The van der Waals surface area contributed by atoms with E-state index in [9.17, 15) is 13.6 Å². The van der Waals surface area contributed by atoms with Crippen LogP contribution in [0.25, 0.3) is 0 Å². The standard InChI is InChI=1S/C19H22F2N2O2/c1-4-25-16-8-5-14(6-9-16)12-23(3)13(2)19(24)22-15-7-10-17(20)18(21)11-15/h5-11,13H,4,12H2,1-3H3,(H,22,24)/p+1/t13-/m1/s1. The van der Waals surface area contributed by atoms with Gasteiger partial charge in [0.25, 0.3) is 5.91 Å². The largest absolute Gasteiger partial charge is 0.494 e. The van der Waals surface area contributed by atoms with E-state index in [4.69, 9.17) is 4.74 Å². The Morgan fingerprint density at radius 3 is 2.44 bits per heavy atom. The van der Waals surface area contributed by atoms with Crippen molar-refractivity contribution in [3.05, 3.63) is 59.7 Å². The van der Waals surface area contributed by atoms with E-state index < -0.39 is 11.6 Å². The van der Waals surface area contributed by atoms with Gasteiger partial charge in [0.05, 0.1) is 13.7 Å². The first-order chi connectivity index (χ1) is 11.9. The molecule has 2 atom stereocenters. The van der Waals surface area contributed by atoms with Gasteiger partial charge in [0.1, 0.15) is 12.3 Å². The Labute approximate surface area is 146 Å². The van der Waals surface area contributed by atoms with E-state index in [-0.39, 0.29) is 17.6 Å². The van der Waals surface area contributed by atoms with Crippen LogP contribution in [0.1, 0.15) is 19.4 Å². The Morgan fingerprint density at radius 2 is 1.84 bits per heavy atom. The minimum absolute atomic E-state index is 0.240. The number of benzene rings is 2. The summed E-state index contributed by atoms with van der Waals surface area (Å²) in [7, 11) is 1.91. The molecule has 0 aromatic heterocycles. The van der Waals surface area contributed by atoms with Crippen LogP contribution in [-0.4, -0.2) is 25.6 Å². The Balaban J connectivity index is 1.94. The van der Waals surface area contributed by atoms with Crippen LogP contribution in [0.2, 0.25) is 0 Å². The Bertz CT molecular complexity index is 720. The third-order valence-corrected chi connectivity index (χ3v) is 4.04. The van der Waals surface area contributed by atoms with E-state index >= 15 is 0 Å². The Hall–Kier alpha value is -2.47. The zero-order chi connectivity index (χ0) is 18.4. The Morgan fingerprint density at radius 1 is 1.16 bits per heavy atom. The maximum Gasteiger partial charge on any atom is 0.282 e. The molecule has 0 radical (unpaired) electrons. The van der Waals surface area contributed by atoms with Crippen molar-refractivity contribution >= 4 is 11.6 Å². The number of halogens is 2. The zero-order valence-electron chi connectivity index (χ0n) is 14.6. The fourth-order valence-corrected chi connectivity index (χ4v) is 2.39. The minimum Gasteiger partial charge on any atom is -0.494 e. The summed E-state index contributed by atoms with van der Waals surface area (Å²) in [5, 5.41) is 2.62. The quantitative estimate of drug-likeness (QED) is 0.806. The molecule has 1 unspecified atom stereocenters. The number of ether oxygens (including phenoxy) is 1. The van der Waals surface area contributed by atoms with Crippen molar-refractivity contribution in [2.75, 3.05) is 19.0 Å². The number of rotatable bonds is 7. The molecule has 6 heteroatoms. The van der Waals surface area contributed by atoms with Gasteiger partial charge in [0.15, 0.2) is 17.7 Å². The number of anilines is 1. The normalized spacial score (nSPS) is 13.2. The molecule has 2 aromatic carbocycles. The van der Waals surface area contributed by atoms with Crippen LogP contribution in [0.3, 0.4) is 0 Å². The van der Waals surface area contributed by atoms with Gasteiger partial charge >= 0.3 is 0 Å². The van der Waals surface area contributed by atoms with Gasteiger partial charge in [0.2, 0.25) is 0 Å². The second kappa shape index (κ2) is 8.58. The van der Waals surface area contributed by atoms with Crippen LogP contribution in [0.5, 0.6) is 5.75 Å². The first kappa shape index (κ1) is 18.9. The van der Waals surface area contributed by atoms with Gasteiger partial charge < -0.3 is 15.0 Å². The number of nitrogens with one attached hydrogen (secondary N) is 2. The van der Waals surface area contributed by atoms with Gasteiger partial charge in [-0.2, -0.15) is 0 Å². The topological polar surface area (TPSA) is 42.8 Å². The molecular weight excluding hydrogens is 326 g/mol. The average Bonchev–Trinajstić information content (AvgIpc) is 2.59. The number of carbonyl (C=O) groups is 1. The molecule has 0 heterocycles. The molecule has 0 saturated carbocycles. The van der Waals surface area contributed by atoms with E-state index in [0.29, 0.717) is 13.2 Å². The number of hydrogen-bond acceptors (Lipinski definition) is 2. The molecule has 0 fully saturated rings. The number of likely N-dealkylation sites (N-methyl/N-ethyl adjacent to an activating group) is 1. The first-order valence-electron chi connectivity index (χ1n) is 8.20. The van der Waals surface area contributed by atoms with Gasteiger partial charge in [-0.15, -0.1) is 0 Å². The van der Waals surface area contributed by atoms with Gasteiger partial charge in [-0.05, 0) is 50.2 Å². The predicted octanol–water partition coefficient (Wildman–Crippen LogP) is 2.41. The lowest BCUT2D eigenvalue weighted by molar-refractivity contribution is -0.907. The number of hydrogen-bond donors (Lipinski definition) is 2. The van der Waals surface area contributed by atoms with Crippen molar-refractivity contribution in [2.24, 2.45) is 0 Å². The minimum atomic E-state index is -0.986. The molecule has 2 rings (SSSR count). The van der Waals surface area contributed by atoms with Gasteiger partial charge in [0, 0.05) is 17.3 Å². The second-order valence-corrected chi connectivity index (χ2v) is 5.94. The number of amides is 1. The number of quaternary nitrogens is 1.